The van der Waals surface area contributed by atoms with Crippen molar-refractivity contribution in [2.75, 3.05) is 7.11 Å². The van der Waals surface area contributed by atoms with Gasteiger partial charge in [0.25, 0.3) is 9.05 Å². The number of benzene rings is 1. The van der Waals surface area contributed by atoms with Crippen molar-refractivity contribution in [3.05, 3.63) is 46.5 Å². The summed E-state index contributed by atoms with van der Waals surface area (Å²) in [4.78, 5) is -0.269. The van der Waals surface area contributed by atoms with Gasteiger partial charge in [0.1, 0.15) is 21.6 Å². The highest BCUT2D eigenvalue weighted by Gasteiger charge is 2.26. The van der Waals surface area contributed by atoms with Crippen LogP contribution in [0.5, 0.6) is 0 Å². The zero-order valence-corrected chi connectivity index (χ0v) is 13.2. The molecule has 9 heteroatoms. The van der Waals surface area contributed by atoms with Crippen molar-refractivity contribution in [2.45, 2.75) is 18.0 Å². The molecule has 0 aliphatic rings. The van der Waals surface area contributed by atoms with Crippen LogP contribution in [0.4, 0.5) is 4.39 Å². The van der Waals surface area contributed by atoms with E-state index in [4.69, 9.17) is 27.0 Å². The van der Waals surface area contributed by atoms with Crippen LogP contribution in [0, 0.1) is 5.82 Å². The van der Waals surface area contributed by atoms with Crippen LogP contribution < -0.4 is 0 Å². The highest BCUT2D eigenvalue weighted by molar-refractivity contribution is 8.13. The maximum absolute atomic E-state index is 12.9. The molecule has 0 amide bonds. The summed E-state index contributed by atoms with van der Waals surface area (Å²) in [5.41, 5.74) is 0.836. The summed E-state index contributed by atoms with van der Waals surface area (Å²) >= 11 is 6.04. The fourth-order valence-corrected chi connectivity index (χ4v) is 3.62. The summed E-state index contributed by atoms with van der Waals surface area (Å²) in [5.74, 6) is -0.366. The third kappa shape index (κ3) is 3.74. The minimum atomic E-state index is -4.05. The van der Waals surface area contributed by atoms with E-state index < -0.39 is 9.05 Å². The molecule has 0 bridgehead atoms. The molecule has 1 aromatic heterocycles. The predicted octanol–water partition coefficient (Wildman–Crippen LogP) is 2.80. The van der Waals surface area contributed by atoms with Gasteiger partial charge in [-0.1, -0.05) is 23.7 Å². The number of hydrogen-bond donors (Lipinski definition) is 0. The van der Waals surface area contributed by atoms with Crippen molar-refractivity contribution in [1.29, 1.82) is 0 Å². The number of hydrogen-bond acceptors (Lipinski definition) is 4. The topological polar surface area (TPSA) is 61.2 Å². The Morgan fingerprint density at radius 1 is 1.33 bits per heavy atom. The van der Waals surface area contributed by atoms with Crippen LogP contribution >= 0.6 is 22.3 Å². The SMILES string of the molecule is COCc1nn(Cc2ccc(F)cc2)c(Cl)c1S(=O)(=O)Cl. The van der Waals surface area contributed by atoms with E-state index in [0.717, 1.165) is 0 Å². The Balaban J connectivity index is 2.43. The standard InChI is InChI=1S/C12H11Cl2FN2O3S/c1-20-7-10-11(21(14,18)19)12(13)17(16-10)6-8-2-4-9(15)5-3-8/h2-5H,6-7H2,1H3. The average Bonchev–Trinajstić information content (AvgIpc) is 2.69. The summed E-state index contributed by atoms with van der Waals surface area (Å²) in [7, 11) is 2.72. The van der Waals surface area contributed by atoms with Crippen LogP contribution in [-0.2, 0) is 26.9 Å². The molecule has 0 N–H and O–H groups in total. The molecular formula is C12H11Cl2FN2O3S. The van der Waals surface area contributed by atoms with Crippen molar-refractivity contribution in [3.63, 3.8) is 0 Å². The van der Waals surface area contributed by atoms with Gasteiger partial charge in [-0.05, 0) is 17.7 Å². The second-order valence-corrected chi connectivity index (χ2v) is 7.08. The molecule has 0 radical (unpaired) electrons. The normalized spacial score (nSPS) is 11.8. The molecular weight excluding hydrogens is 342 g/mol. The highest BCUT2D eigenvalue weighted by atomic mass is 35.7. The number of aromatic nitrogens is 2. The van der Waals surface area contributed by atoms with Gasteiger partial charge in [-0.3, -0.25) is 0 Å². The molecule has 1 heterocycles. The Labute approximate surface area is 130 Å². The first-order chi connectivity index (χ1) is 9.82. The fraction of sp³-hybridized carbons (Fsp3) is 0.250. The molecule has 2 rings (SSSR count). The van der Waals surface area contributed by atoms with Crippen molar-refractivity contribution in [2.24, 2.45) is 0 Å². The Kier molecular flexibility index (Phi) is 4.88. The Morgan fingerprint density at radius 2 is 1.95 bits per heavy atom. The zero-order valence-electron chi connectivity index (χ0n) is 10.9. The number of ether oxygens (including phenoxy) is 1. The first-order valence-corrected chi connectivity index (χ1v) is 8.45. The average molecular weight is 353 g/mol. The van der Waals surface area contributed by atoms with Crippen LogP contribution in [-0.4, -0.2) is 25.3 Å². The van der Waals surface area contributed by atoms with Crippen LogP contribution in [0.15, 0.2) is 29.2 Å². The number of halogens is 3. The van der Waals surface area contributed by atoms with Gasteiger partial charge >= 0.3 is 0 Å². The molecule has 0 aliphatic carbocycles. The van der Waals surface area contributed by atoms with E-state index in [1.807, 2.05) is 0 Å². The van der Waals surface area contributed by atoms with Crippen LogP contribution in [0.2, 0.25) is 5.15 Å². The summed E-state index contributed by atoms with van der Waals surface area (Å²) in [6.45, 7) is 0.139. The third-order valence-corrected chi connectivity index (χ3v) is 4.56. The first-order valence-electron chi connectivity index (χ1n) is 5.76. The fourth-order valence-electron chi connectivity index (χ4n) is 1.81. The summed E-state index contributed by atoms with van der Waals surface area (Å²) in [5, 5.41) is 3.98. The lowest BCUT2D eigenvalue weighted by Crippen LogP contribution is -2.03. The second kappa shape index (κ2) is 6.31. The molecule has 0 unspecified atom stereocenters. The van der Waals surface area contributed by atoms with E-state index in [1.54, 1.807) is 12.1 Å². The van der Waals surface area contributed by atoms with Gasteiger partial charge in [0.15, 0.2) is 0 Å². The van der Waals surface area contributed by atoms with E-state index in [9.17, 15) is 12.8 Å². The Morgan fingerprint density at radius 3 is 2.48 bits per heavy atom. The van der Waals surface area contributed by atoms with Crippen molar-refractivity contribution < 1.29 is 17.5 Å². The van der Waals surface area contributed by atoms with E-state index in [0.29, 0.717) is 5.56 Å². The van der Waals surface area contributed by atoms with Gasteiger partial charge in [0.05, 0.1) is 13.2 Å². The molecule has 0 fully saturated rings. The largest absolute Gasteiger partial charge is 0.378 e. The van der Waals surface area contributed by atoms with Gasteiger partial charge < -0.3 is 4.74 Å². The summed E-state index contributed by atoms with van der Waals surface area (Å²) < 4.78 is 42.2. The molecule has 0 saturated carbocycles. The second-order valence-electron chi connectivity index (χ2n) is 4.22. The number of rotatable bonds is 5. The Bertz CT molecular complexity index is 745. The van der Waals surface area contributed by atoms with Gasteiger partial charge in [0, 0.05) is 17.8 Å². The van der Waals surface area contributed by atoms with Crippen molar-refractivity contribution in [3.8, 4) is 0 Å². The van der Waals surface area contributed by atoms with E-state index in [2.05, 4.69) is 5.10 Å². The zero-order chi connectivity index (χ0) is 15.6. The monoisotopic (exact) mass is 352 g/mol. The lowest BCUT2D eigenvalue weighted by atomic mass is 10.2. The van der Waals surface area contributed by atoms with Gasteiger partial charge in [0.2, 0.25) is 0 Å². The third-order valence-electron chi connectivity index (χ3n) is 2.69. The lowest BCUT2D eigenvalue weighted by molar-refractivity contribution is 0.178. The molecule has 1 aromatic carbocycles. The smallest absolute Gasteiger partial charge is 0.266 e. The molecule has 0 atom stereocenters. The number of nitrogens with zero attached hydrogens (tertiary/aromatic N) is 2. The molecule has 0 aliphatic heterocycles. The predicted molar refractivity (Wildman–Crippen MR) is 76.5 cm³/mol. The maximum Gasteiger partial charge on any atom is 0.266 e. The van der Waals surface area contributed by atoms with Crippen molar-refractivity contribution in [1.82, 2.24) is 9.78 Å². The van der Waals surface area contributed by atoms with Crippen LogP contribution in [0.25, 0.3) is 0 Å². The van der Waals surface area contributed by atoms with E-state index >= 15 is 0 Å². The summed E-state index contributed by atoms with van der Waals surface area (Å²) in [6.07, 6.45) is 0. The lowest BCUT2D eigenvalue weighted by Gasteiger charge is -2.03. The molecule has 2 aromatic rings. The van der Waals surface area contributed by atoms with E-state index in [-0.39, 0.29) is 34.7 Å². The molecule has 5 nitrogen and oxygen atoms in total. The molecule has 0 spiro atoms. The maximum atomic E-state index is 12.9. The number of methoxy groups -OCH3 is 1. The molecule has 21 heavy (non-hydrogen) atoms. The molecule has 0 saturated heterocycles. The minimum absolute atomic E-state index is 0.0442. The van der Waals surface area contributed by atoms with Gasteiger partial charge in [-0.2, -0.15) is 5.10 Å². The first kappa shape index (κ1) is 16.2. The summed E-state index contributed by atoms with van der Waals surface area (Å²) in [6, 6.07) is 5.69. The quantitative estimate of drug-likeness (QED) is 0.776. The minimum Gasteiger partial charge on any atom is -0.378 e. The van der Waals surface area contributed by atoms with Crippen LogP contribution in [0.3, 0.4) is 0 Å². The highest BCUT2D eigenvalue weighted by Crippen LogP contribution is 2.29. The molecule has 114 valence electrons. The van der Waals surface area contributed by atoms with Gasteiger partial charge in [-0.25, -0.2) is 17.5 Å². The van der Waals surface area contributed by atoms with E-state index in [1.165, 1.54) is 23.9 Å². The van der Waals surface area contributed by atoms with Crippen molar-refractivity contribution >= 4 is 31.3 Å². The Hall–Kier alpha value is -1.15. The van der Waals surface area contributed by atoms with Crippen LogP contribution in [0.1, 0.15) is 11.3 Å². The van der Waals surface area contributed by atoms with Gasteiger partial charge in [-0.15, -0.1) is 0 Å².